The Balaban J connectivity index is 0.00000156. The van der Waals surface area contributed by atoms with Gasteiger partial charge in [0.25, 0.3) is 0 Å². The van der Waals surface area contributed by atoms with Gasteiger partial charge in [-0.15, -0.1) is 12.4 Å². The van der Waals surface area contributed by atoms with Gasteiger partial charge in [0.05, 0.1) is 6.04 Å². The molecule has 1 saturated heterocycles. The number of nitrogens with zero attached hydrogens (tertiary/aromatic N) is 2. The molecule has 2 aromatic rings. The Labute approximate surface area is 147 Å². The van der Waals surface area contributed by atoms with Gasteiger partial charge in [-0.1, -0.05) is 47.8 Å². The predicted octanol–water partition coefficient (Wildman–Crippen LogP) is 4.33. The van der Waals surface area contributed by atoms with E-state index in [0.717, 1.165) is 28.8 Å². The maximum absolute atomic E-state index is 6.19. The summed E-state index contributed by atoms with van der Waals surface area (Å²) in [6, 6.07) is 8.66. The standard InChI is InChI=1S/C17H20ClN3O.ClH/c18-13-7-3-1-5-11(13)10-16-20-17(22-21-16)15-9-12-6-2-4-8-14(12)19-15;/h1,3,5,7,12,14-15,19H,2,4,6,8-10H2;1H. The van der Waals surface area contributed by atoms with Gasteiger partial charge in [-0.05, 0) is 36.8 Å². The Kier molecular flexibility index (Phi) is 5.24. The van der Waals surface area contributed by atoms with Crippen LogP contribution in [0.3, 0.4) is 0 Å². The lowest BCUT2D eigenvalue weighted by Gasteiger charge is -2.24. The van der Waals surface area contributed by atoms with Crippen molar-refractivity contribution in [1.82, 2.24) is 15.5 Å². The Morgan fingerprint density at radius 3 is 2.87 bits per heavy atom. The zero-order valence-electron chi connectivity index (χ0n) is 12.9. The van der Waals surface area contributed by atoms with E-state index in [1.165, 1.54) is 25.7 Å². The molecular weight excluding hydrogens is 333 g/mol. The summed E-state index contributed by atoms with van der Waals surface area (Å²) in [5.41, 5.74) is 1.03. The maximum atomic E-state index is 6.19. The van der Waals surface area contributed by atoms with E-state index >= 15 is 0 Å². The molecule has 0 bridgehead atoms. The van der Waals surface area contributed by atoms with E-state index < -0.39 is 0 Å². The van der Waals surface area contributed by atoms with E-state index in [0.29, 0.717) is 18.3 Å². The van der Waals surface area contributed by atoms with Crippen molar-refractivity contribution in [1.29, 1.82) is 0 Å². The average molecular weight is 354 g/mol. The van der Waals surface area contributed by atoms with Crippen LogP contribution in [-0.2, 0) is 6.42 Å². The lowest BCUT2D eigenvalue weighted by Crippen LogP contribution is -2.30. The van der Waals surface area contributed by atoms with Crippen molar-refractivity contribution in [3.05, 3.63) is 46.6 Å². The summed E-state index contributed by atoms with van der Waals surface area (Å²) in [6.07, 6.45) is 7.04. The zero-order chi connectivity index (χ0) is 14.9. The highest BCUT2D eigenvalue weighted by Gasteiger charge is 2.38. The number of fused-ring (bicyclic) bond motifs is 1. The van der Waals surface area contributed by atoms with Gasteiger partial charge in [0.2, 0.25) is 5.89 Å². The number of aromatic nitrogens is 2. The van der Waals surface area contributed by atoms with E-state index in [4.69, 9.17) is 16.1 Å². The van der Waals surface area contributed by atoms with Crippen LogP contribution in [0.4, 0.5) is 0 Å². The van der Waals surface area contributed by atoms with E-state index in [9.17, 15) is 0 Å². The van der Waals surface area contributed by atoms with Gasteiger partial charge in [0.1, 0.15) is 0 Å². The first-order valence-corrected chi connectivity index (χ1v) is 8.49. The summed E-state index contributed by atoms with van der Waals surface area (Å²) >= 11 is 6.19. The molecule has 6 heteroatoms. The van der Waals surface area contributed by atoms with Crippen molar-refractivity contribution in [2.45, 2.75) is 50.6 Å². The molecule has 2 heterocycles. The number of nitrogens with one attached hydrogen (secondary N) is 1. The fraction of sp³-hybridized carbons (Fsp3) is 0.529. The molecule has 2 fully saturated rings. The van der Waals surface area contributed by atoms with E-state index in [1.54, 1.807) is 0 Å². The van der Waals surface area contributed by atoms with Crippen molar-refractivity contribution >= 4 is 24.0 Å². The first kappa shape index (κ1) is 16.7. The highest BCUT2D eigenvalue weighted by atomic mass is 35.5. The number of hydrogen-bond donors (Lipinski definition) is 1. The molecule has 1 aliphatic heterocycles. The van der Waals surface area contributed by atoms with Crippen molar-refractivity contribution in [3.63, 3.8) is 0 Å². The van der Waals surface area contributed by atoms with Crippen LogP contribution in [0.5, 0.6) is 0 Å². The van der Waals surface area contributed by atoms with Crippen molar-refractivity contribution in [3.8, 4) is 0 Å². The van der Waals surface area contributed by atoms with Crippen molar-refractivity contribution < 1.29 is 4.52 Å². The Morgan fingerprint density at radius 1 is 1.22 bits per heavy atom. The third-order valence-electron chi connectivity index (χ3n) is 4.95. The number of hydrogen-bond acceptors (Lipinski definition) is 4. The molecule has 1 saturated carbocycles. The molecule has 0 radical (unpaired) electrons. The summed E-state index contributed by atoms with van der Waals surface area (Å²) in [4.78, 5) is 4.59. The monoisotopic (exact) mass is 353 g/mol. The number of rotatable bonds is 3. The van der Waals surface area contributed by atoms with Crippen LogP contribution in [0.1, 0.15) is 55.4 Å². The molecule has 4 rings (SSSR count). The fourth-order valence-electron chi connectivity index (χ4n) is 3.80. The van der Waals surface area contributed by atoms with Gasteiger partial charge in [-0.2, -0.15) is 4.98 Å². The van der Waals surface area contributed by atoms with Gasteiger partial charge in [-0.25, -0.2) is 0 Å². The summed E-state index contributed by atoms with van der Waals surface area (Å²) in [5.74, 6) is 2.22. The van der Waals surface area contributed by atoms with Crippen LogP contribution in [-0.4, -0.2) is 16.2 Å². The lowest BCUT2D eigenvalue weighted by atomic mass is 9.85. The Bertz CT molecular complexity index is 647. The first-order valence-electron chi connectivity index (χ1n) is 8.11. The highest BCUT2D eigenvalue weighted by Crippen LogP contribution is 2.38. The van der Waals surface area contributed by atoms with Crippen molar-refractivity contribution in [2.75, 3.05) is 0 Å². The lowest BCUT2D eigenvalue weighted by molar-refractivity contribution is 0.324. The molecule has 2 aliphatic rings. The van der Waals surface area contributed by atoms with E-state index in [-0.39, 0.29) is 18.4 Å². The van der Waals surface area contributed by atoms with Gasteiger partial charge in [0.15, 0.2) is 5.82 Å². The van der Waals surface area contributed by atoms with Gasteiger partial charge in [0, 0.05) is 17.5 Å². The second-order valence-electron chi connectivity index (χ2n) is 6.42. The molecule has 1 N–H and O–H groups in total. The van der Waals surface area contributed by atoms with Gasteiger partial charge >= 0.3 is 0 Å². The molecule has 1 aromatic heterocycles. The SMILES string of the molecule is Cl.Clc1ccccc1Cc1noc(C2CC3CCCCC3N2)n1. The summed E-state index contributed by atoms with van der Waals surface area (Å²) < 4.78 is 5.50. The maximum Gasteiger partial charge on any atom is 0.243 e. The normalized spacial score (nSPS) is 26.6. The van der Waals surface area contributed by atoms with Crippen LogP contribution in [0.15, 0.2) is 28.8 Å². The third-order valence-corrected chi connectivity index (χ3v) is 5.32. The van der Waals surface area contributed by atoms with Crippen LogP contribution in [0.2, 0.25) is 5.02 Å². The fourth-order valence-corrected chi connectivity index (χ4v) is 4.01. The topological polar surface area (TPSA) is 51.0 Å². The zero-order valence-corrected chi connectivity index (χ0v) is 14.4. The van der Waals surface area contributed by atoms with Crippen molar-refractivity contribution in [2.24, 2.45) is 5.92 Å². The minimum absolute atomic E-state index is 0. The second-order valence-corrected chi connectivity index (χ2v) is 6.83. The summed E-state index contributed by atoms with van der Waals surface area (Å²) in [5, 5.41) is 8.55. The van der Waals surface area contributed by atoms with Gasteiger partial charge in [-0.3, -0.25) is 0 Å². The number of benzene rings is 1. The quantitative estimate of drug-likeness (QED) is 0.891. The number of halogens is 2. The van der Waals surface area contributed by atoms with Crippen LogP contribution in [0.25, 0.3) is 0 Å². The molecule has 4 nitrogen and oxygen atoms in total. The van der Waals surface area contributed by atoms with E-state index in [2.05, 4.69) is 15.5 Å². The van der Waals surface area contributed by atoms with Crippen LogP contribution < -0.4 is 5.32 Å². The predicted molar refractivity (Wildman–Crippen MR) is 92.0 cm³/mol. The molecule has 0 amide bonds. The second kappa shape index (κ2) is 7.20. The molecule has 1 aromatic carbocycles. The highest BCUT2D eigenvalue weighted by molar-refractivity contribution is 6.31. The molecule has 0 spiro atoms. The summed E-state index contributed by atoms with van der Waals surface area (Å²) in [7, 11) is 0. The largest absolute Gasteiger partial charge is 0.338 e. The molecule has 3 atom stereocenters. The minimum Gasteiger partial charge on any atom is -0.338 e. The average Bonchev–Trinajstić information content (AvgIpc) is 3.15. The summed E-state index contributed by atoms with van der Waals surface area (Å²) in [6.45, 7) is 0. The smallest absolute Gasteiger partial charge is 0.243 e. The van der Waals surface area contributed by atoms with Gasteiger partial charge < -0.3 is 9.84 Å². The third kappa shape index (κ3) is 3.54. The molecule has 3 unspecified atom stereocenters. The Hall–Kier alpha value is -1.10. The van der Waals surface area contributed by atoms with Crippen LogP contribution in [0, 0.1) is 5.92 Å². The van der Waals surface area contributed by atoms with Crippen LogP contribution >= 0.6 is 24.0 Å². The Morgan fingerprint density at radius 2 is 2.04 bits per heavy atom. The van der Waals surface area contributed by atoms with E-state index in [1.807, 2.05) is 24.3 Å². The molecule has 124 valence electrons. The molecular formula is C17H21Cl2N3O. The first-order chi connectivity index (χ1) is 10.8. The minimum atomic E-state index is 0. The molecule has 23 heavy (non-hydrogen) atoms. The molecule has 1 aliphatic carbocycles.